The third-order valence-electron chi connectivity index (χ3n) is 6.02. The highest BCUT2D eigenvalue weighted by Gasteiger charge is 2.30. The maximum absolute atomic E-state index is 12.8. The molecule has 2 amide bonds. The summed E-state index contributed by atoms with van der Waals surface area (Å²) in [7, 11) is 0. The number of nitrogens with zero attached hydrogens (tertiary/aromatic N) is 2. The molecular formula is C27H26F3N3O5. The summed E-state index contributed by atoms with van der Waals surface area (Å²) in [6.45, 7) is 3.90. The van der Waals surface area contributed by atoms with Crippen LogP contribution in [0.5, 0.6) is 5.75 Å². The zero-order valence-corrected chi connectivity index (χ0v) is 20.6. The first-order valence-electron chi connectivity index (χ1n) is 11.9. The van der Waals surface area contributed by atoms with Crippen LogP contribution < -0.4 is 15.5 Å². The van der Waals surface area contributed by atoms with Gasteiger partial charge in [-0.3, -0.25) is 19.3 Å². The number of benzene rings is 2. The molecule has 2 heterocycles. The van der Waals surface area contributed by atoms with Crippen LogP contribution in [0.1, 0.15) is 34.2 Å². The van der Waals surface area contributed by atoms with Crippen LogP contribution in [0.2, 0.25) is 0 Å². The summed E-state index contributed by atoms with van der Waals surface area (Å²) >= 11 is 0. The predicted octanol–water partition coefficient (Wildman–Crippen LogP) is 4.15. The van der Waals surface area contributed by atoms with Crippen LogP contribution in [0.3, 0.4) is 0 Å². The van der Waals surface area contributed by atoms with Crippen molar-refractivity contribution in [3.8, 4) is 5.75 Å². The molecule has 200 valence electrons. The first kappa shape index (κ1) is 26.9. The summed E-state index contributed by atoms with van der Waals surface area (Å²) in [4.78, 5) is 40.2. The van der Waals surface area contributed by atoms with Gasteiger partial charge in [-0.05, 0) is 42.0 Å². The van der Waals surface area contributed by atoms with Gasteiger partial charge in [0.2, 0.25) is 17.1 Å². The van der Waals surface area contributed by atoms with Crippen LogP contribution in [-0.4, -0.2) is 47.8 Å². The second-order valence-corrected chi connectivity index (χ2v) is 8.89. The lowest BCUT2D eigenvalue weighted by Gasteiger charge is -2.34. The molecule has 1 saturated heterocycles. The Morgan fingerprint density at radius 3 is 2.24 bits per heavy atom. The topological polar surface area (TPSA) is 92.1 Å². The summed E-state index contributed by atoms with van der Waals surface area (Å²) in [5, 5.41) is 2.66. The number of nitrogens with one attached hydrogen (secondary N) is 1. The Balaban J connectivity index is 1.26. The van der Waals surface area contributed by atoms with Crippen LogP contribution in [-0.2, 0) is 24.1 Å². The van der Waals surface area contributed by atoms with Crippen LogP contribution in [0.25, 0.3) is 0 Å². The van der Waals surface area contributed by atoms with Crippen molar-refractivity contribution in [1.29, 1.82) is 0 Å². The van der Waals surface area contributed by atoms with Crippen LogP contribution in [0.4, 0.5) is 18.9 Å². The Morgan fingerprint density at radius 1 is 1.00 bits per heavy atom. The molecule has 0 saturated carbocycles. The van der Waals surface area contributed by atoms with Crippen molar-refractivity contribution in [2.24, 2.45) is 0 Å². The highest BCUT2D eigenvalue weighted by Crippen LogP contribution is 2.29. The summed E-state index contributed by atoms with van der Waals surface area (Å²) < 4.78 is 49.0. The normalized spacial score (nSPS) is 14.3. The molecule has 4 rings (SSSR count). The third kappa shape index (κ3) is 7.00. The molecule has 2 aromatic carbocycles. The van der Waals surface area contributed by atoms with Gasteiger partial charge in [0.15, 0.2) is 0 Å². The van der Waals surface area contributed by atoms with Gasteiger partial charge in [0, 0.05) is 50.4 Å². The lowest BCUT2D eigenvalue weighted by Crippen LogP contribution is -2.48. The number of anilines is 1. The van der Waals surface area contributed by atoms with E-state index in [1.54, 1.807) is 29.2 Å². The largest absolute Gasteiger partial charge is 0.482 e. The van der Waals surface area contributed by atoms with Crippen LogP contribution in [0, 0.1) is 0 Å². The Kier molecular flexibility index (Phi) is 8.16. The van der Waals surface area contributed by atoms with E-state index in [-0.39, 0.29) is 24.2 Å². The van der Waals surface area contributed by atoms with Gasteiger partial charge in [0.05, 0.1) is 12.1 Å². The molecule has 0 radical (unpaired) electrons. The number of amides is 2. The molecule has 8 nitrogen and oxygen atoms in total. The molecular weight excluding hydrogens is 503 g/mol. The standard InChI is InChI=1S/C27H26F3N3O5/c1-18(34)31-22-8-4-20(5-9-22)26(36)33-12-10-32(11-13-33)15-23-14-24(35)25(17-37-23)38-16-19-2-6-21(7-3-19)27(28,29)30/h2-9,14,17H,10-13,15-16H2,1H3,(H,31,34). The zero-order valence-electron chi connectivity index (χ0n) is 20.6. The van der Waals surface area contributed by atoms with Gasteiger partial charge < -0.3 is 19.4 Å². The molecule has 0 unspecified atom stereocenters. The minimum atomic E-state index is -4.42. The number of carbonyl (C=O) groups excluding carboxylic acids is 2. The zero-order chi connectivity index (χ0) is 27.3. The molecule has 0 spiro atoms. The van der Waals surface area contributed by atoms with Crippen molar-refractivity contribution in [2.45, 2.75) is 26.3 Å². The van der Waals surface area contributed by atoms with Crippen molar-refractivity contribution in [2.75, 3.05) is 31.5 Å². The summed E-state index contributed by atoms with van der Waals surface area (Å²) in [6, 6.07) is 12.6. The minimum Gasteiger partial charge on any atom is -0.482 e. The maximum Gasteiger partial charge on any atom is 0.416 e. The SMILES string of the molecule is CC(=O)Nc1ccc(C(=O)N2CCN(Cc3cc(=O)c(OCc4ccc(C(F)(F)F)cc4)co3)CC2)cc1. The van der Waals surface area contributed by atoms with E-state index in [0.717, 1.165) is 12.1 Å². The Labute approximate surface area is 216 Å². The fourth-order valence-corrected chi connectivity index (χ4v) is 3.99. The summed E-state index contributed by atoms with van der Waals surface area (Å²) in [6.07, 6.45) is -3.22. The molecule has 1 N–H and O–H groups in total. The summed E-state index contributed by atoms with van der Waals surface area (Å²) in [5.74, 6) is 0.121. The molecule has 1 aliphatic heterocycles. The highest BCUT2D eigenvalue weighted by atomic mass is 19.4. The van der Waals surface area contributed by atoms with Gasteiger partial charge in [-0.15, -0.1) is 0 Å². The number of rotatable bonds is 7. The number of piperazine rings is 1. The van der Waals surface area contributed by atoms with E-state index in [4.69, 9.17) is 9.15 Å². The van der Waals surface area contributed by atoms with E-state index < -0.39 is 17.2 Å². The average molecular weight is 530 g/mol. The smallest absolute Gasteiger partial charge is 0.416 e. The van der Waals surface area contributed by atoms with E-state index in [1.807, 2.05) is 0 Å². The third-order valence-corrected chi connectivity index (χ3v) is 6.02. The van der Waals surface area contributed by atoms with E-state index in [0.29, 0.717) is 55.3 Å². The quantitative estimate of drug-likeness (QED) is 0.495. The van der Waals surface area contributed by atoms with E-state index in [2.05, 4.69) is 10.2 Å². The second-order valence-electron chi connectivity index (χ2n) is 8.89. The monoisotopic (exact) mass is 529 g/mol. The van der Waals surface area contributed by atoms with Crippen molar-refractivity contribution in [3.63, 3.8) is 0 Å². The Hall–Kier alpha value is -4.12. The molecule has 38 heavy (non-hydrogen) atoms. The molecule has 0 bridgehead atoms. The van der Waals surface area contributed by atoms with E-state index >= 15 is 0 Å². The van der Waals surface area contributed by atoms with Gasteiger partial charge in [0.1, 0.15) is 18.6 Å². The van der Waals surface area contributed by atoms with Gasteiger partial charge >= 0.3 is 6.18 Å². The lowest BCUT2D eigenvalue weighted by molar-refractivity contribution is -0.137. The Morgan fingerprint density at radius 2 is 1.66 bits per heavy atom. The van der Waals surface area contributed by atoms with Gasteiger partial charge in [0.25, 0.3) is 5.91 Å². The number of halogens is 3. The first-order valence-corrected chi connectivity index (χ1v) is 11.9. The van der Waals surface area contributed by atoms with Gasteiger partial charge in [-0.25, -0.2) is 0 Å². The fraction of sp³-hybridized carbons (Fsp3) is 0.296. The minimum absolute atomic E-state index is 0.0337. The average Bonchev–Trinajstić information content (AvgIpc) is 2.88. The van der Waals surface area contributed by atoms with Gasteiger partial charge in [-0.2, -0.15) is 13.2 Å². The lowest BCUT2D eigenvalue weighted by atomic mass is 10.1. The molecule has 11 heteroatoms. The molecule has 1 aromatic heterocycles. The number of hydrogen-bond acceptors (Lipinski definition) is 6. The molecule has 1 fully saturated rings. The summed E-state index contributed by atoms with van der Waals surface area (Å²) in [5.41, 5.74) is 0.488. The van der Waals surface area contributed by atoms with Crippen molar-refractivity contribution in [1.82, 2.24) is 9.80 Å². The van der Waals surface area contributed by atoms with Gasteiger partial charge in [-0.1, -0.05) is 12.1 Å². The molecule has 0 aliphatic carbocycles. The molecule has 0 atom stereocenters. The predicted molar refractivity (Wildman–Crippen MR) is 133 cm³/mol. The number of carbonyl (C=O) groups is 2. The van der Waals surface area contributed by atoms with E-state index in [1.165, 1.54) is 31.4 Å². The first-order chi connectivity index (χ1) is 18.1. The highest BCUT2D eigenvalue weighted by molar-refractivity contribution is 5.95. The molecule has 1 aliphatic rings. The Bertz CT molecular complexity index is 1330. The number of ether oxygens (including phenoxy) is 1. The fourth-order valence-electron chi connectivity index (χ4n) is 3.99. The van der Waals surface area contributed by atoms with E-state index in [9.17, 15) is 27.6 Å². The van der Waals surface area contributed by atoms with Crippen molar-refractivity contribution < 1.29 is 31.9 Å². The van der Waals surface area contributed by atoms with Crippen molar-refractivity contribution in [3.05, 3.63) is 93.5 Å². The van der Waals surface area contributed by atoms with Crippen LogP contribution in [0.15, 0.2) is 70.1 Å². The maximum atomic E-state index is 12.8. The second kappa shape index (κ2) is 11.5. The number of hydrogen-bond donors (Lipinski definition) is 1. The van der Waals surface area contributed by atoms with Crippen molar-refractivity contribution >= 4 is 17.5 Å². The molecule has 3 aromatic rings. The number of alkyl halides is 3. The van der Waals surface area contributed by atoms with Crippen LogP contribution >= 0.6 is 0 Å².